The van der Waals surface area contributed by atoms with Crippen molar-refractivity contribution in [2.75, 3.05) is 7.11 Å². The third kappa shape index (κ3) is 3.15. The van der Waals surface area contributed by atoms with Crippen molar-refractivity contribution in [3.63, 3.8) is 0 Å². The second kappa shape index (κ2) is 6.30. The standard InChI is InChI=1S/C14H18FN3OS/c1-8-9(2)20-14(17-8)7-12(18-16)10-4-5-13(19-3)11(15)6-10/h4-6,12,18H,7,16H2,1-3H3. The zero-order chi connectivity index (χ0) is 14.7. The molecule has 2 aromatic rings. The Balaban J connectivity index is 2.21. The molecule has 20 heavy (non-hydrogen) atoms. The van der Waals surface area contributed by atoms with E-state index in [1.165, 1.54) is 18.1 Å². The first-order chi connectivity index (χ1) is 9.55. The average Bonchev–Trinajstić information content (AvgIpc) is 2.74. The maximum Gasteiger partial charge on any atom is 0.165 e. The lowest BCUT2D eigenvalue weighted by Gasteiger charge is -2.15. The van der Waals surface area contributed by atoms with Crippen LogP contribution in [0.3, 0.4) is 0 Å². The molecule has 0 saturated heterocycles. The zero-order valence-electron chi connectivity index (χ0n) is 11.7. The molecule has 0 fully saturated rings. The van der Waals surface area contributed by atoms with Crippen LogP contribution >= 0.6 is 11.3 Å². The second-order valence-electron chi connectivity index (χ2n) is 4.57. The van der Waals surface area contributed by atoms with Gasteiger partial charge in [-0.1, -0.05) is 6.07 Å². The van der Waals surface area contributed by atoms with Crippen LogP contribution in [0.2, 0.25) is 0 Å². The van der Waals surface area contributed by atoms with Crippen LogP contribution in [-0.2, 0) is 6.42 Å². The highest BCUT2D eigenvalue weighted by molar-refractivity contribution is 7.11. The Morgan fingerprint density at radius 3 is 2.70 bits per heavy atom. The summed E-state index contributed by atoms with van der Waals surface area (Å²) in [6.07, 6.45) is 0.627. The van der Waals surface area contributed by atoms with E-state index in [4.69, 9.17) is 10.6 Å². The molecule has 0 radical (unpaired) electrons. The van der Waals surface area contributed by atoms with E-state index in [2.05, 4.69) is 10.4 Å². The molecular formula is C14H18FN3OS. The number of nitrogens with zero attached hydrogens (tertiary/aromatic N) is 1. The van der Waals surface area contributed by atoms with Crippen molar-refractivity contribution >= 4 is 11.3 Å². The number of hydrogen-bond acceptors (Lipinski definition) is 5. The van der Waals surface area contributed by atoms with Gasteiger partial charge in [0.25, 0.3) is 0 Å². The van der Waals surface area contributed by atoms with E-state index in [-0.39, 0.29) is 11.8 Å². The van der Waals surface area contributed by atoms with E-state index < -0.39 is 5.82 Å². The molecule has 1 unspecified atom stereocenters. The summed E-state index contributed by atoms with van der Waals surface area (Å²) in [5.74, 6) is 5.43. The lowest BCUT2D eigenvalue weighted by molar-refractivity contribution is 0.385. The van der Waals surface area contributed by atoms with Crippen LogP contribution in [0.5, 0.6) is 5.75 Å². The molecule has 0 saturated carbocycles. The van der Waals surface area contributed by atoms with Crippen molar-refractivity contribution in [3.8, 4) is 5.75 Å². The molecule has 1 aromatic heterocycles. The first-order valence-corrected chi connectivity index (χ1v) is 7.09. The topological polar surface area (TPSA) is 60.2 Å². The summed E-state index contributed by atoms with van der Waals surface area (Å²) in [5.41, 5.74) is 4.52. The summed E-state index contributed by atoms with van der Waals surface area (Å²) >= 11 is 1.64. The van der Waals surface area contributed by atoms with Gasteiger partial charge in [-0.3, -0.25) is 11.3 Å². The Hall–Kier alpha value is -1.50. The predicted molar refractivity (Wildman–Crippen MR) is 78.3 cm³/mol. The third-order valence-corrected chi connectivity index (χ3v) is 4.33. The van der Waals surface area contributed by atoms with Crippen LogP contribution in [0.25, 0.3) is 0 Å². The van der Waals surface area contributed by atoms with E-state index >= 15 is 0 Å². The average molecular weight is 295 g/mol. The van der Waals surface area contributed by atoms with Crippen molar-refractivity contribution in [3.05, 3.63) is 45.2 Å². The monoisotopic (exact) mass is 295 g/mol. The Bertz CT molecular complexity index is 581. The fourth-order valence-corrected chi connectivity index (χ4v) is 2.95. The number of benzene rings is 1. The van der Waals surface area contributed by atoms with Gasteiger partial charge in [0, 0.05) is 11.3 Å². The summed E-state index contributed by atoms with van der Waals surface area (Å²) in [6, 6.07) is 4.67. The van der Waals surface area contributed by atoms with Crippen molar-refractivity contribution in [2.45, 2.75) is 26.3 Å². The highest BCUT2D eigenvalue weighted by Crippen LogP contribution is 2.26. The minimum Gasteiger partial charge on any atom is -0.494 e. The maximum absolute atomic E-state index is 13.7. The second-order valence-corrected chi connectivity index (χ2v) is 5.85. The lowest BCUT2D eigenvalue weighted by Crippen LogP contribution is -2.29. The molecule has 6 heteroatoms. The summed E-state index contributed by atoms with van der Waals surface area (Å²) in [4.78, 5) is 5.68. The number of nitrogens with two attached hydrogens (primary N) is 1. The summed E-state index contributed by atoms with van der Waals surface area (Å²) in [7, 11) is 1.44. The van der Waals surface area contributed by atoms with Gasteiger partial charge >= 0.3 is 0 Å². The number of hydrazine groups is 1. The molecular weight excluding hydrogens is 277 g/mol. The molecule has 0 amide bonds. The van der Waals surface area contributed by atoms with Gasteiger partial charge in [0.15, 0.2) is 11.6 Å². The van der Waals surface area contributed by atoms with E-state index in [1.807, 2.05) is 13.8 Å². The first kappa shape index (κ1) is 14.9. The number of thiazole rings is 1. The van der Waals surface area contributed by atoms with Crippen molar-refractivity contribution < 1.29 is 9.13 Å². The van der Waals surface area contributed by atoms with E-state index in [0.717, 1.165) is 16.3 Å². The van der Waals surface area contributed by atoms with Crippen LogP contribution in [0, 0.1) is 19.7 Å². The normalized spacial score (nSPS) is 12.4. The van der Waals surface area contributed by atoms with Crippen molar-refractivity contribution in [1.82, 2.24) is 10.4 Å². The highest BCUT2D eigenvalue weighted by atomic mass is 32.1. The fourth-order valence-electron chi connectivity index (χ4n) is 1.97. The quantitative estimate of drug-likeness (QED) is 0.657. The van der Waals surface area contributed by atoms with Gasteiger partial charge in [-0.05, 0) is 31.5 Å². The number of methoxy groups -OCH3 is 1. The largest absolute Gasteiger partial charge is 0.494 e. The molecule has 4 nitrogen and oxygen atoms in total. The number of aromatic nitrogens is 1. The smallest absolute Gasteiger partial charge is 0.165 e. The van der Waals surface area contributed by atoms with Gasteiger partial charge in [0.05, 0.1) is 23.9 Å². The fraction of sp³-hybridized carbons (Fsp3) is 0.357. The number of rotatable bonds is 5. The SMILES string of the molecule is COc1ccc(C(Cc2nc(C)c(C)s2)NN)cc1F. The third-order valence-electron chi connectivity index (χ3n) is 3.23. The molecule has 0 spiro atoms. The molecule has 3 N–H and O–H groups in total. The molecule has 0 aliphatic carbocycles. The van der Waals surface area contributed by atoms with Crippen LogP contribution in [-0.4, -0.2) is 12.1 Å². The number of aryl methyl sites for hydroxylation is 2. The first-order valence-electron chi connectivity index (χ1n) is 6.27. The Kier molecular flexibility index (Phi) is 4.69. The van der Waals surface area contributed by atoms with Gasteiger partial charge in [0.2, 0.25) is 0 Å². The van der Waals surface area contributed by atoms with Gasteiger partial charge in [-0.15, -0.1) is 11.3 Å². The highest BCUT2D eigenvalue weighted by Gasteiger charge is 2.16. The van der Waals surface area contributed by atoms with Crippen LogP contribution < -0.4 is 16.0 Å². The minimum absolute atomic E-state index is 0.180. The molecule has 1 heterocycles. The molecule has 2 rings (SSSR count). The Labute approximate surface area is 121 Å². The van der Waals surface area contributed by atoms with Gasteiger partial charge in [-0.25, -0.2) is 9.37 Å². The van der Waals surface area contributed by atoms with Gasteiger partial charge in [0.1, 0.15) is 0 Å². The van der Waals surface area contributed by atoms with Crippen LogP contribution in [0.4, 0.5) is 4.39 Å². The van der Waals surface area contributed by atoms with Gasteiger partial charge in [-0.2, -0.15) is 0 Å². The number of nitrogens with one attached hydrogen (secondary N) is 1. The summed E-state index contributed by atoms with van der Waals surface area (Å²) in [5, 5.41) is 0.985. The van der Waals surface area contributed by atoms with E-state index in [1.54, 1.807) is 23.5 Å². The number of halogens is 1. The van der Waals surface area contributed by atoms with Gasteiger partial charge < -0.3 is 4.74 Å². The summed E-state index contributed by atoms with van der Waals surface area (Å²) in [6.45, 7) is 4.02. The predicted octanol–water partition coefficient (Wildman–Crippen LogP) is 2.65. The zero-order valence-corrected chi connectivity index (χ0v) is 12.6. The van der Waals surface area contributed by atoms with Crippen LogP contribution in [0.15, 0.2) is 18.2 Å². The molecule has 1 atom stereocenters. The molecule has 0 aliphatic rings. The Morgan fingerprint density at radius 2 is 2.20 bits per heavy atom. The van der Waals surface area contributed by atoms with Crippen molar-refractivity contribution in [2.24, 2.45) is 5.84 Å². The Morgan fingerprint density at radius 1 is 1.45 bits per heavy atom. The molecule has 0 aliphatic heterocycles. The maximum atomic E-state index is 13.7. The minimum atomic E-state index is -0.392. The summed E-state index contributed by atoms with van der Waals surface area (Å²) < 4.78 is 18.7. The number of ether oxygens (including phenoxy) is 1. The number of hydrogen-bond donors (Lipinski definition) is 2. The van der Waals surface area contributed by atoms with Crippen LogP contribution in [0.1, 0.15) is 27.2 Å². The molecule has 1 aromatic carbocycles. The van der Waals surface area contributed by atoms with Crippen molar-refractivity contribution in [1.29, 1.82) is 0 Å². The molecule has 108 valence electrons. The van der Waals surface area contributed by atoms with E-state index in [0.29, 0.717) is 6.42 Å². The van der Waals surface area contributed by atoms with E-state index in [9.17, 15) is 4.39 Å². The lowest BCUT2D eigenvalue weighted by atomic mass is 10.0. The molecule has 0 bridgehead atoms.